The van der Waals surface area contributed by atoms with E-state index >= 15 is 0 Å². The molecule has 0 radical (unpaired) electrons. The monoisotopic (exact) mass is 249 g/mol. The molecule has 0 N–H and O–H groups in total. The van der Waals surface area contributed by atoms with Crippen LogP contribution < -0.4 is 0 Å². The van der Waals surface area contributed by atoms with Crippen molar-refractivity contribution >= 4 is 5.78 Å². The van der Waals surface area contributed by atoms with E-state index in [1.165, 1.54) is 6.20 Å². The number of hydrogen-bond acceptors (Lipinski definition) is 3. The molecular formula is C13H9F2NO2. The molecule has 0 amide bonds. The predicted molar refractivity (Wildman–Crippen MR) is 58.3 cm³/mol. The molecule has 18 heavy (non-hydrogen) atoms. The summed E-state index contributed by atoms with van der Waals surface area (Å²) in [6, 6.07) is 2.80. The SMILES string of the molecule is O=C(c1cc(F)ccc1F)c1cnoc1C1CC1. The number of carbonyl (C=O) groups is 1. The number of benzene rings is 1. The van der Waals surface area contributed by atoms with Gasteiger partial charge in [0.15, 0.2) is 5.76 Å². The molecular weight excluding hydrogens is 240 g/mol. The summed E-state index contributed by atoms with van der Waals surface area (Å²) in [5, 5.41) is 3.57. The molecule has 0 saturated heterocycles. The molecule has 5 heteroatoms. The fourth-order valence-corrected chi connectivity index (χ4v) is 1.88. The van der Waals surface area contributed by atoms with Crippen LogP contribution >= 0.6 is 0 Å². The van der Waals surface area contributed by atoms with Crippen LogP contribution in [0, 0.1) is 11.6 Å². The average Bonchev–Trinajstić information content (AvgIpc) is 3.09. The molecule has 92 valence electrons. The van der Waals surface area contributed by atoms with E-state index in [0.29, 0.717) is 5.76 Å². The molecule has 3 rings (SSSR count). The van der Waals surface area contributed by atoms with E-state index in [1.807, 2.05) is 0 Å². The van der Waals surface area contributed by atoms with Gasteiger partial charge < -0.3 is 4.52 Å². The molecule has 0 atom stereocenters. The minimum atomic E-state index is -0.746. The summed E-state index contributed by atoms with van der Waals surface area (Å²) in [5.41, 5.74) is -0.0675. The summed E-state index contributed by atoms with van der Waals surface area (Å²) in [6.45, 7) is 0. The fraction of sp³-hybridized carbons (Fsp3) is 0.231. The highest BCUT2D eigenvalue weighted by atomic mass is 19.1. The highest BCUT2D eigenvalue weighted by Gasteiger charge is 2.33. The Balaban J connectivity index is 2.03. The Morgan fingerprint density at radius 1 is 1.28 bits per heavy atom. The van der Waals surface area contributed by atoms with Gasteiger partial charge in [0, 0.05) is 5.92 Å². The topological polar surface area (TPSA) is 43.1 Å². The Morgan fingerprint density at radius 3 is 2.78 bits per heavy atom. The summed E-state index contributed by atoms with van der Waals surface area (Å²) in [6.07, 6.45) is 3.13. The molecule has 2 aromatic rings. The number of ketones is 1. The predicted octanol–water partition coefficient (Wildman–Crippen LogP) is 3.06. The number of aromatic nitrogens is 1. The van der Waals surface area contributed by atoms with E-state index in [9.17, 15) is 13.6 Å². The summed E-state index contributed by atoms with van der Waals surface area (Å²) < 4.78 is 31.6. The highest BCUT2D eigenvalue weighted by Crippen LogP contribution is 2.42. The van der Waals surface area contributed by atoms with E-state index in [4.69, 9.17) is 4.52 Å². The Labute approximate surface area is 101 Å². The van der Waals surface area contributed by atoms with Crippen molar-refractivity contribution in [2.45, 2.75) is 18.8 Å². The average molecular weight is 249 g/mol. The van der Waals surface area contributed by atoms with E-state index in [1.54, 1.807) is 0 Å². The molecule has 1 aromatic heterocycles. The van der Waals surface area contributed by atoms with Gasteiger partial charge >= 0.3 is 0 Å². The molecule has 0 aliphatic heterocycles. The lowest BCUT2D eigenvalue weighted by molar-refractivity contribution is 0.103. The first-order chi connectivity index (χ1) is 8.66. The smallest absolute Gasteiger partial charge is 0.201 e. The molecule has 1 aliphatic carbocycles. The number of carbonyl (C=O) groups excluding carboxylic acids is 1. The molecule has 0 unspecified atom stereocenters. The summed E-state index contributed by atoms with van der Waals surface area (Å²) in [7, 11) is 0. The lowest BCUT2D eigenvalue weighted by Gasteiger charge is -2.02. The van der Waals surface area contributed by atoms with Gasteiger partial charge in [-0.2, -0.15) is 0 Å². The first-order valence-corrected chi connectivity index (χ1v) is 5.61. The van der Waals surface area contributed by atoms with E-state index in [0.717, 1.165) is 31.0 Å². The molecule has 1 saturated carbocycles. The van der Waals surface area contributed by atoms with E-state index in [2.05, 4.69) is 5.16 Å². The maximum absolute atomic E-state index is 13.5. The molecule has 1 heterocycles. The van der Waals surface area contributed by atoms with Crippen LogP contribution in [-0.2, 0) is 0 Å². The number of rotatable bonds is 3. The standard InChI is InChI=1S/C13H9F2NO2/c14-8-3-4-11(15)9(5-8)12(17)10-6-16-18-13(10)7-1-2-7/h3-7H,1-2H2. The van der Waals surface area contributed by atoms with Gasteiger partial charge in [-0.05, 0) is 31.0 Å². The normalized spacial score (nSPS) is 14.8. The van der Waals surface area contributed by atoms with Crippen molar-refractivity contribution in [3.63, 3.8) is 0 Å². The van der Waals surface area contributed by atoms with Crippen molar-refractivity contribution in [1.29, 1.82) is 0 Å². The zero-order valence-electron chi connectivity index (χ0n) is 9.32. The van der Waals surface area contributed by atoms with Crippen molar-refractivity contribution in [1.82, 2.24) is 5.16 Å². The van der Waals surface area contributed by atoms with Crippen LogP contribution in [0.1, 0.15) is 40.4 Å². The number of nitrogens with zero attached hydrogens (tertiary/aromatic N) is 1. The second-order valence-corrected chi connectivity index (χ2v) is 4.33. The highest BCUT2D eigenvalue weighted by molar-refractivity contribution is 6.09. The van der Waals surface area contributed by atoms with Crippen molar-refractivity contribution in [3.8, 4) is 0 Å². The molecule has 0 spiro atoms. The third-order valence-electron chi connectivity index (χ3n) is 2.96. The van der Waals surface area contributed by atoms with Gasteiger partial charge in [0.25, 0.3) is 0 Å². The van der Waals surface area contributed by atoms with Crippen molar-refractivity contribution in [3.05, 3.63) is 52.9 Å². The molecule has 1 aromatic carbocycles. The third kappa shape index (κ3) is 1.81. The van der Waals surface area contributed by atoms with Crippen LogP contribution in [-0.4, -0.2) is 10.9 Å². The third-order valence-corrected chi connectivity index (χ3v) is 2.96. The summed E-state index contributed by atoms with van der Waals surface area (Å²) in [4.78, 5) is 12.1. The van der Waals surface area contributed by atoms with Crippen LogP contribution in [0.15, 0.2) is 28.9 Å². The summed E-state index contributed by atoms with van der Waals surface area (Å²) in [5.74, 6) is -1.32. The van der Waals surface area contributed by atoms with Crippen molar-refractivity contribution in [2.24, 2.45) is 0 Å². The van der Waals surface area contributed by atoms with Crippen molar-refractivity contribution in [2.75, 3.05) is 0 Å². The van der Waals surface area contributed by atoms with Crippen LogP contribution in [0.4, 0.5) is 8.78 Å². The molecule has 0 bridgehead atoms. The molecule has 1 aliphatic rings. The summed E-state index contributed by atoms with van der Waals surface area (Å²) >= 11 is 0. The Bertz CT molecular complexity index is 617. The Hall–Kier alpha value is -2.04. The van der Waals surface area contributed by atoms with Crippen molar-refractivity contribution < 1.29 is 18.1 Å². The van der Waals surface area contributed by atoms with E-state index < -0.39 is 17.4 Å². The quantitative estimate of drug-likeness (QED) is 0.785. The van der Waals surface area contributed by atoms with Gasteiger partial charge in [0.05, 0.1) is 17.3 Å². The van der Waals surface area contributed by atoms with Gasteiger partial charge in [-0.15, -0.1) is 0 Å². The minimum Gasteiger partial charge on any atom is -0.360 e. The number of hydrogen-bond donors (Lipinski definition) is 0. The van der Waals surface area contributed by atoms with Gasteiger partial charge in [-0.3, -0.25) is 4.79 Å². The Kier molecular flexibility index (Phi) is 2.47. The van der Waals surface area contributed by atoms with E-state index in [-0.39, 0.29) is 17.0 Å². The fourth-order valence-electron chi connectivity index (χ4n) is 1.88. The first kappa shape index (κ1) is 11.1. The van der Waals surface area contributed by atoms with Crippen LogP contribution in [0.3, 0.4) is 0 Å². The lowest BCUT2D eigenvalue weighted by Crippen LogP contribution is -2.06. The zero-order chi connectivity index (χ0) is 12.7. The number of halogens is 2. The van der Waals surface area contributed by atoms with Crippen LogP contribution in [0.2, 0.25) is 0 Å². The maximum Gasteiger partial charge on any atom is 0.201 e. The second kappa shape index (κ2) is 4.01. The first-order valence-electron chi connectivity index (χ1n) is 5.61. The van der Waals surface area contributed by atoms with Gasteiger partial charge in [0.1, 0.15) is 11.6 Å². The zero-order valence-corrected chi connectivity index (χ0v) is 9.32. The Morgan fingerprint density at radius 2 is 2.06 bits per heavy atom. The minimum absolute atomic E-state index is 0.183. The van der Waals surface area contributed by atoms with Crippen LogP contribution in [0.25, 0.3) is 0 Å². The van der Waals surface area contributed by atoms with Crippen LogP contribution in [0.5, 0.6) is 0 Å². The van der Waals surface area contributed by atoms with Gasteiger partial charge in [-0.25, -0.2) is 8.78 Å². The van der Waals surface area contributed by atoms with Gasteiger partial charge in [0.2, 0.25) is 5.78 Å². The largest absolute Gasteiger partial charge is 0.360 e. The second-order valence-electron chi connectivity index (χ2n) is 4.33. The molecule has 3 nitrogen and oxygen atoms in total. The molecule has 1 fully saturated rings. The van der Waals surface area contributed by atoms with Gasteiger partial charge in [-0.1, -0.05) is 5.16 Å². The lowest BCUT2D eigenvalue weighted by atomic mass is 10.0. The maximum atomic E-state index is 13.5.